The minimum atomic E-state index is -0.284. The fourth-order valence-corrected chi connectivity index (χ4v) is 3.72. The van der Waals surface area contributed by atoms with Gasteiger partial charge < -0.3 is 24.4 Å². The molecule has 7 nitrogen and oxygen atoms in total. The fraction of sp³-hybridized carbons (Fsp3) is 0.250. The topological polar surface area (TPSA) is 77.1 Å². The van der Waals surface area contributed by atoms with Crippen molar-refractivity contribution in [3.63, 3.8) is 0 Å². The molecule has 2 amide bonds. The van der Waals surface area contributed by atoms with Gasteiger partial charge in [-0.1, -0.05) is 30.3 Å². The summed E-state index contributed by atoms with van der Waals surface area (Å²) < 4.78 is 16.2. The summed E-state index contributed by atoms with van der Waals surface area (Å²) in [5.41, 5.74) is 0.701. The van der Waals surface area contributed by atoms with Crippen molar-refractivity contribution in [1.82, 2.24) is 5.32 Å². The van der Waals surface area contributed by atoms with E-state index in [2.05, 4.69) is 5.32 Å². The third kappa shape index (κ3) is 4.55. The number of anilines is 1. The van der Waals surface area contributed by atoms with E-state index in [1.165, 1.54) is 0 Å². The van der Waals surface area contributed by atoms with Crippen molar-refractivity contribution in [1.29, 1.82) is 0 Å². The largest absolute Gasteiger partial charge is 0.493 e. The number of carbonyl (C=O) groups is 2. The van der Waals surface area contributed by atoms with Gasteiger partial charge in [0.2, 0.25) is 5.91 Å². The van der Waals surface area contributed by atoms with Crippen molar-refractivity contribution < 1.29 is 23.8 Å². The number of carbonyl (C=O) groups excluding carboxylic acids is 2. The smallest absolute Gasteiger partial charge is 0.258 e. The summed E-state index contributed by atoms with van der Waals surface area (Å²) in [6.07, 6.45) is 0.232. The molecule has 0 saturated carbocycles. The predicted molar refractivity (Wildman–Crippen MR) is 118 cm³/mol. The SMILES string of the molecule is COc1ccc(N2C[C@@H](NC(=O)COc3ccc4ccccc4c3)CC2=O)cc1OC. The number of nitrogens with zero attached hydrogens (tertiary/aromatic N) is 1. The first-order chi connectivity index (χ1) is 15.1. The minimum Gasteiger partial charge on any atom is -0.493 e. The van der Waals surface area contributed by atoms with Crippen molar-refractivity contribution in [2.45, 2.75) is 12.5 Å². The second-order valence-electron chi connectivity index (χ2n) is 7.31. The molecule has 1 aliphatic rings. The molecule has 0 spiro atoms. The second kappa shape index (κ2) is 8.95. The number of benzene rings is 3. The number of ether oxygens (including phenoxy) is 3. The molecule has 3 aromatic rings. The summed E-state index contributed by atoms with van der Waals surface area (Å²) in [5, 5.41) is 5.04. The predicted octanol–water partition coefficient (Wildman–Crippen LogP) is 3.16. The van der Waals surface area contributed by atoms with Crippen LogP contribution in [0.3, 0.4) is 0 Å². The number of hydrogen-bond acceptors (Lipinski definition) is 5. The highest BCUT2D eigenvalue weighted by atomic mass is 16.5. The maximum absolute atomic E-state index is 12.5. The molecular weight excluding hydrogens is 396 g/mol. The Kier molecular flexibility index (Phi) is 5.93. The Labute approximate surface area is 180 Å². The average Bonchev–Trinajstić information content (AvgIpc) is 3.16. The monoisotopic (exact) mass is 420 g/mol. The summed E-state index contributed by atoms with van der Waals surface area (Å²) in [6, 6.07) is 18.7. The number of hydrogen-bond donors (Lipinski definition) is 1. The van der Waals surface area contributed by atoms with Crippen LogP contribution in [0.25, 0.3) is 10.8 Å². The van der Waals surface area contributed by atoms with Gasteiger partial charge in [-0.05, 0) is 35.0 Å². The Hall–Kier alpha value is -3.74. The minimum absolute atomic E-state index is 0.0621. The summed E-state index contributed by atoms with van der Waals surface area (Å²) in [7, 11) is 3.11. The molecule has 0 unspecified atom stereocenters. The number of fused-ring (bicyclic) bond motifs is 1. The zero-order valence-electron chi connectivity index (χ0n) is 17.5. The van der Waals surface area contributed by atoms with Crippen LogP contribution < -0.4 is 24.4 Å². The Balaban J connectivity index is 1.34. The molecule has 3 aromatic carbocycles. The van der Waals surface area contributed by atoms with Gasteiger partial charge in [0.15, 0.2) is 18.1 Å². The molecule has 1 atom stereocenters. The van der Waals surface area contributed by atoms with Gasteiger partial charge in [-0.3, -0.25) is 9.59 Å². The number of nitrogens with one attached hydrogen (secondary N) is 1. The molecule has 7 heteroatoms. The highest BCUT2D eigenvalue weighted by Crippen LogP contribution is 2.33. The van der Waals surface area contributed by atoms with Crippen LogP contribution in [0.4, 0.5) is 5.69 Å². The van der Waals surface area contributed by atoms with Crippen LogP contribution in [0.1, 0.15) is 6.42 Å². The lowest BCUT2D eigenvalue weighted by Crippen LogP contribution is -2.39. The van der Waals surface area contributed by atoms with Gasteiger partial charge in [0.05, 0.1) is 20.3 Å². The third-order valence-corrected chi connectivity index (χ3v) is 5.26. The highest BCUT2D eigenvalue weighted by molar-refractivity contribution is 5.97. The molecule has 1 fully saturated rings. The lowest BCUT2D eigenvalue weighted by molar-refractivity contribution is -0.123. The molecule has 1 heterocycles. The lowest BCUT2D eigenvalue weighted by atomic mass is 10.1. The number of methoxy groups -OCH3 is 2. The second-order valence-corrected chi connectivity index (χ2v) is 7.31. The zero-order valence-corrected chi connectivity index (χ0v) is 17.5. The van der Waals surface area contributed by atoms with Gasteiger partial charge in [0, 0.05) is 24.7 Å². The third-order valence-electron chi connectivity index (χ3n) is 5.26. The molecular formula is C24H24N2O5. The lowest BCUT2D eigenvalue weighted by Gasteiger charge is -2.19. The van der Waals surface area contributed by atoms with Crippen molar-refractivity contribution in [3.05, 3.63) is 60.7 Å². The Morgan fingerprint density at radius 1 is 1.00 bits per heavy atom. The zero-order chi connectivity index (χ0) is 21.8. The maximum Gasteiger partial charge on any atom is 0.258 e. The Morgan fingerprint density at radius 2 is 1.77 bits per heavy atom. The van der Waals surface area contributed by atoms with E-state index in [1.54, 1.807) is 37.3 Å². The first kappa shape index (κ1) is 20.5. The maximum atomic E-state index is 12.5. The average molecular weight is 420 g/mol. The Bertz CT molecular complexity index is 1110. The summed E-state index contributed by atoms with van der Waals surface area (Å²) in [6.45, 7) is 0.273. The van der Waals surface area contributed by atoms with E-state index >= 15 is 0 Å². The molecule has 0 radical (unpaired) electrons. The molecule has 0 aliphatic carbocycles. The molecule has 1 saturated heterocycles. The van der Waals surface area contributed by atoms with Crippen LogP contribution in [0.15, 0.2) is 60.7 Å². The molecule has 0 aromatic heterocycles. The number of rotatable bonds is 7. The summed E-state index contributed by atoms with van der Waals surface area (Å²) in [4.78, 5) is 26.5. The van der Waals surface area contributed by atoms with Crippen LogP contribution in [0.5, 0.6) is 17.2 Å². The van der Waals surface area contributed by atoms with Crippen LogP contribution in [0.2, 0.25) is 0 Å². The fourth-order valence-electron chi connectivity index (χ4n) is 3.72. The van der Waals surface area contributed by atoms with Gasteiger partial charge in [-0.2, -0.15) is 0 Å². The molecule has 31 heavy (non-hydrogen) atoms. The molecule has 0 bridgehead atoms. The van der Waals surface area contributed by atoms with E-state index < -0.39 is 0 Å². The molecule has 1 aliphatic heterocycles. The van der Waals surface area contributed by atoms with Gasteiger partial charge in [-0.15, -0.1) is 0 Å². The van der Waals surface area contributed by atoms with Crippen LogP contribution in [0, 0.1) is 0 Å². The van der Waals surface area contributed by atoms with E-state index in [4.69, 9.17) is 14.2 Å². The van der Waals surface area contributed by atoms with Crippen molar-refractivity contribution in [2.24, 2.45) is 0 Å². The van der Waals surface area contributed by atoms with E-state index in [1.807, 2.05) is 42.5 Å². The molecule has 1 N–H and O–H groups in total. The number of amides is 2. The van der Waals surface area contributed by atoms with Gasteiger partial charge >= 0.3 is 0 Å². The molecule has 160 valence electrons. The summed E-state index contributed by atoms with van der Waals surface area (Å²) in [5.74, 6) is 1.44. The van der Waals surface area contributed by atoms with E-state index in [0.717, 1.165) is 10.8 Å². The quantitative estimate of drug-likeness (QED) is 0.635. The highest BCUT2D eigenvalue weighted by Gasteiger charge is 2.32. The molecule has 4 rings (SSSR count). The van der Waals surface area contributed by atoms with Gasteiger partial charge in [-0.25, -0.2) is 0 Å². The van der Waals surface area contributed by atoms with Crippen molar-refractivity contribution in [3.8, 4) is 17.2 Å². The van der Waals surface area contributed by atoms with Crippen LogP contribution in [-0.2, 0) is 9.59 Å². The van der Waals surface area contributed by atoms with Gasteiger partial charge in [0.1, 0.15) is 5.75 Å². The van der Waals surface area contributed by atoms with Crippen LogP contribution >= 0.6 is 0 Å². The Morgan fingerprint density at radius 3 is 2.55 bits per heavy atom. The standard InChI is InChI=1S/C24H24N2O5/c1-29-21-10-8-19(13-22(21)30-2)26-14-18(12-24(26)28)25-23(27)15-31-20-9-7-16-5-3-4-6-17(16)11-20/h3-11,13,18H,12,14-15H2,1-2H3,(H,25,27)/t18-/m0/s1. The van der Waals surface area contributed by atoms with E-state index in [-0.39, 0.29) is 30.9 Å². The van der Waals surface area contributed by atoms with Crippen molar-refractivity contribution >= 4 is 28.3 Å². The summed E-state index contributed by atoms with van der Waals surface area (Å²) >= 11 is 0. The first-order valence-corrected chi connectivity index (χ1v) is 10.0. The van der Waals surface area contributed by atoms with Crippen LogP contribution in [-0.4, -0.2) is 45.2 Å². The normalized spacial score (nSPS) is 15.7. The first-order valence-electron chi connectivity index (χ1n) is 10.0. The van der Waals surface area contributed by atoms with Crippen molar-refractivity contribution in [2.75, 3.05) is 32.3 Å². The van der Waals surface area contributed by atoms with E-state index in [9.17, 15) is 9.59 Å². The van der Waals surface area contributed by atoms with E-state index in [0.29, 0.717) is 29.5 Å². The van der Waals surface area contributed by atoms with Gasteiger partial charge in [0.25, 0.3) is 5.91 Å².